The summed E-state index contributed by atoms with van der Waals surface area (Å²) in [5, 5.41) is 11.8. The van der Waals surface area contributed by atoms with Crippen molar-refractivity contribution in [2.45, 2.75) is 13.0 Å². The Morgan fingerprint density at radius 1 is 1.32 bits per heavy atom. The minimum absolute atomic E-state index is 0.0711. The molecule has 0 fully saturated rings. The number of hydrogen-bond donors (Lipinski definition) is 1. The van der Waals surface area contributed by atoms with Crippen LogP contribution in [0.4, 0.5) is 0 Å². The van der Waals surface area contributed by atoms with Crippen LogP contribution in [0.2, 0.25) is 0 Å². The standard InChI is InChI=1S/C15H20N2O2/c1-2-3-10-18-12-9-17-13-14-6-4-5-7-15(14)19-11-8-16/h2,4-7,17H,1,3,9-13H2. The van der Waals surface area contributed by atoms with Gasteiger partial charge in [-0.2, -0.15) is 5.26 Å². The van der Waals surface area contributed by atoms with Crippen LogP contribution >= 0.6 is 0 Å². The van der Waals surface area contributed by atoms with Crippen LogP contribution < -0.4 is 10.1 Å². The number of nitrogens with zero attached hydrogens (tertiary/aromatic N) is 1. The lowest BCUT2D eigenvalue weighted by atomic mass is 10.2. The first-order valence-corrected chi connectivity index (χ1v) is 6.35. The van der Waals surface area contributed by atoms with Gasteiger partial charge in [0.1, 0.15) is 11.8 Å². The first-order valence-electron chi connectivity index (χ1n) is 6.35. The SMILES string of the molecule is C=CCCOCCNCc1ccccc1OCC#N. The zero-order valence-electron chi connectivity index (χ0n) is 11.1. The largest absolute Gasteiger partial charge is 0.478 e. The number of hydrogen-bond acceptors (Lipinski definition) is 4. The normalized spacial score (nSPS) is 9.84. The van der Waals surface area contributed by atoms with Gasteiger partial charge in [0.05, 0.1) is 13.2 Å². The molecule has 0 aromatic heterocycles. The maximum Gasteiger partial charge on any atom is 0.174 e. The summed E-state index contributed by atoms with van der Waals surface area (Å²) < 4.78 is 10.8. The van der Waals surface area contributed by atoms with E-state index >= 15 is 0 Å². The van der Waals surface area contributed by atoms with E-state index in [2.05, 4.69) is 11.9 Å². The maximum absolute atomic E-state index is 8.52. The zero-order valence-corrected chi connectivity index (χ0v) is 11.1. The molecule has 19 heavy (non-hydrogen) atoms. The van der Waals surface area contributed by atoms with Crippen LogP contribution in [0.5, 0.6) is 5.75 Å². The fraction of sp³-hybridized carbons (Fsp3) is 0.400. The highest BCUT2D eigenvalue weighted by molar-refractivity contribution is 5.33. The first kappa shape index (κ1) is 15.2. The lowest BCUT2D eigenvalue weighted by molar-refractivity contribution is 0.140. The van der Waals surface area contributed by atoms with Gasteiger partial charge in [-0.15, -0.1) is 6.58 Å². The molecule has 0 aliphatic carbocycles. The highest BCUT2D eigenvalue weighted by Gasteiger charge is 2.01. The van der Waals surface area contributed by atoms with Crippen molar-refractivity contribution in [3.8, 4) is 11.8 Å². The molecule has 0 aliphatic rings. The smallest absolute Gasteiger partial charge is 0.174 e. The second-order valence-corrected chi connectivity index (χ2v) is 3.92. The van der Waals surface area contributed by atoms with E-state index in [-0.39, 0.29) is 6.61 Å². The van der Waals surface area contributed by atoms with Crippen molar-refractivity contribution in [1.82, 2.24) is 5.32 Å². The molecule has 0 bridgehead atoms. The second-order valence-electron chi connectivity index (χ2n) is 3.92. The molecule has 0 saturated carbocycles. The Balaban J connectivity index is 2.25. The van der Waals surface area contributed by atoms with Gasteiger partial charge in [0.25, 0.3) is 0 Å². The third kappa shape index (κ3) is 6.61. The molecule has 1 aromatic carbocycles. The van der Waals surface area contributed by atoms with E-state index in [1.54, 1.807) is 0 Å². The average molecular weight is 260 g/mol. The number of benzene rings is 1. The summed E-state index contributed by atoms with van der Waals surface area (Å²) in [6, 6.07) is 9.68. The molecule has 0 amide bonds. The molecule has 1 N–H and O–H groups in total. The van der Waals surface area contributed by atoms with Gasteiger partial charge in [-0.3, -0.25) is 0 Å². The van der Waals surface area contributed by atoms with Crippen molar-refractivity contribution in [2.75, 3.05) is 26.4 Å². The number of nitriles is 1. The molecule has 4 heteroatoms. The van der Waals surface area contributed by atoms with E-state index in [1.807, 2.05) is 36.4 Å². The molecule has 0 spiro atoms. The molecule has 0 radical (unpaired) electrons. The fourth-order valence-corrected chi connectivity index (χ4v) is 1.54. The number of nitrogens with one attached hydrogen (secondary N) is 1. The Morgan fingerprint density at radius 3 is 2.95 bits per heavy atom. The van der Waals surface area contributed by atoms with Gasteiger partial charge in [-0.1, -0.05) is 24.3 Å². The van der Waals surface area contributed by atoms with Crippen LogP contribution in [-0.4, -0.2) is 26.4 Å². The van der Waals surface area contributed by atoms with Crippen LogP contribution in [0.25, 0.3) is 0 Å². The number of para-hydroxylation sites is 1. The molecule has 1 aromatic rings. The fourth-order valence-electron chi connectivity index (χ4n) is 1.54. The van der Waals surface area contributed by atoms with Crippen LogP contribution in [0.3, 0.4) is 0 Å². The highest BCUT2D eigenvalue weighted by Crippen LogP contribution is 2.17. The first-order chi connectivity index (χ1) is 9.38. The van der Waals surface area contributed by atoms with Crippen molar-refractivity contribution in [3.05, 3.63) is 42.5 Å². The molecule has 0 atom stereocenters. The van der Waals surface area contributed by atoms with E-state index in [1.165, 1.54) is 0 Å². The van der Waals surface area contributed by atoms with E-state index in [9.17, 15) is 0 Å². The Kier molecular flexibility index (Phi) is 8.12. The van der Waals surface area contributed by atoms with Gasteiger partial charge < -0.3 is 14.8 Å². The third-order valence-electron chi connectivity index (χ3n) is 2.47. The third-order valence-corrected chi connectivity index (χ3v) is 2.47. The topological polar surface area (TPSA) is 54.3 Å². The number of ether oxygens (including phenoxy) is 2. The molecular formula is C15H20N2O2. The number of rotatable bonds is 10. The van der Waals surface area contributed by atoms with E-state index in [0.29, 0.717) is 19.8 Å². The minimum atomic E-state index is 0.0711. The predicted octanol–water partition coefficient (Wildman–Crippen LogP) is 2.27. The van der Waals surface area contributed by atoms with Gasteiger partial charge in [0.2, 0.25) is 0 Å². The quantitative estimate of drug-likeness (QED) is 0.518. The summed E-state index contributed by atoms with van der Waals surface area (Å²) in [7, 11) is 0. The lowest BCUT2D eigenvalue weighted by Crippen LogP contribution is -2.20. The maximum atomic E-state index is 8.52. The lowest BCUT2D eigenvalue weighted by Gasteiger charge is -2.10. The molecule has 4 nitrogen and oxygen atoms in total. The summed E-state index contributed by atoms with van der Waals surface area (Å²) in [5.74, 6) is 0.754. The summed E-state index contributed by atoms with van der Waals surface area (Å²) in [6.45, 7) is 6.58. The van der Waals surface area contributed by atoms with Crippen molar-refractivity contribution >= 4 is 0 Å². The Hall–Kier alpha value is -1.83. The van der Waals surface area contributed by atoms with Crippen molar-refractivity contribution in [1.29, 1.82) is 5.26 Å². The molecule has 0 heterocycles. The van der Waals surface area contributed by atoms with Gasteiger partial charge in [-0.25, -0.2) is 0 Å². The van der Waals surface area contributed by atoms with Crippen molar-refractivity contribution in [2.24, 2.45) is 0 Å². The summed E-state index contributed by atoms with van der Waals surface area (Å²) in [4.78, 5) is 0. The summed E-state index contributed by atoms with van der Waals surface area (Å²) in [5.41, 5.74) is 1.05. The van der Waals surface area contributed by atoms with Crippen molar-refractivity contribution in [3.63, 3.8) is 0 Å². The Bertz CT molecular complexity index is 413. The predicted molar refractivity (Wildman–Crippen MR) is 74.9 cm³/mol. The Labute approximate surface area is 114 Å². The van der Waals surface area contributed by atoms with Crippen LogP contribution in [0, 0.1) is 11.3 Å². The molecule has 1 rings (SSSR count). The summed E-state index contributed by atoms with van der Waals surface area (Å²) >= 11 is 0. The van der Waals surface area contributed by atoms with E-state index in [4.69, 9.17) is 14.7 Å². The molecule has 0 aliphatic heterocycles. The van der Waals surface area contributed by atoms with Crippen LogP contribution in [-0.2, 0) is 11.3 Å². The van der Waals surface area contributed by atoms with Gasteiger partial charge >= 0.3 is 0 Å². The van der Waals surface area contributed by atoms with Crippen molar-refractivity contribution < 1.29 is 9.47 Å². The Morgan fingerprint density at radius 2 is 2.16 bits per heavy atom. The van der Waals surface area contributed by atoms with Gasteiger partial charge in [-0.05, 0) is 12.5 Å². The molecule has 0 saturated heterocycles. The second kappa shape index (κ2) is 10.1. The van der Waals surface area contributed by atoms with Gasteiger partial charge in [0, 0.05) is 18.7 Å². The van der Waals surface area contributed by atoms with Crippen LogP contribution in [0.1, 0.15) is 12.0 Å². The van der Waals surface area contributed by atoms with Crippen LogP contribution in [0.15, 0.2) is 36.9 Å². The molecule has 102 valence electrons. The molecular weight excluding hydrogens is 240 g/mol. The zero-order chi connectivity index (χ0) is 13.8. The van der Waals surface area contributed by atoms with Gasteiger partial charge in [0.15, 0.2) is 6.61 Å². The van der Waals surface area contributed by atoms with E-state index in [0.717, 1.165) is 24.3 Å². The average Bonchev–Trinajstić information content (AvgIpc) is 2.45. The molecule has 0 unspecified atom stereocenters. The summed E-state index contributed by atoms with van der Waals surface area (Å²) in [6.07, 6.45) is 2.72. The minimum Gasteiger partial charge on any atom is -0.478 e. The monoisotopic (exact) mass is 260 g/mol. The van der Waals surface area contributed by atoms with E-state index < -0.39 is 0 Å². The highest BCUT2D eigenvalue weighted by atomic mass is 16.5.